The Morgan fingerprint density at radius 1 is 0.880 bits per heavy atom. The second-order valence-electron chi connectivity index (χ2n) is 5.38. The zero-order valence-corrected chi connectivity index (χ0v) is 14.0. The summed E-state index contributed by atoms with van der Waals surface area (Å²) in [6.45, 7) is 0.189. The van der Waals surface area contributed by atoms with E-state index in [4.69, 9.17) is 5.11 Å². The third kappa shape index (κ3) is 4.51. The van der Waals surface area contributed by atoms with E-state index in [1.54, 1.807) is 0 Å². The lowest BCUT2D eigenvalue weighted by molar-refractivity contribution is -0.124. The van der Waals surface area contributed by atoms with Crippen LogP contribution in [0, 0.1) is 0 Å². The first-order chi connectivity index (χ1) is 11.7. The van der Waals surface area contributed by atoms with Gasteiger partial charge in [-0.25, -0.2) is 0 Å². The van der Waals surface area contributed by atoms with Gasteiger partial charge in [-0.05, 0) is 22.3 Å². The molecule has 0 spiro atoms. The van der Waals surface area contributed by atoms with Gasteiger partial charge in [0.05, 0.1) is 6.61 Å². The molecule has 2 aliphatic rings. The van der Waals surface area contributed by atoms with Crippen molar-refractivity contribution < 1.29 is 25.3 Å². The summed E-state index contributed by atoms with van der Waals surface area (Å²) < 4.78 is 0. The number of hydrogen-bond donors (Lipinski definition) is 3. The number of nitrogens with one attached hydrogen (secondary N) is 1. The van der Waals surface area contributed by atoms with Crippen LogP contribution in [0.2, 0.25) is 0 Å². The summed E-state index contributed by atoms with van der Waals surface area (Å²) in [5.74, 6) is -0.132. The van der Waals surface area contributed by atoms with Gasteiger partial charge in [0.15, 0.2) is 0 Å². The monoisotopic (exact) mass is 345 g/mol. The second kappa shape index (κ2) is 9.68. The molecular formula is C19H23NO5. The predicted molar refractivity (Wildman–Crippen MR) is 94.9 cm³/mol. The van der Waals surface area contributed by atoms with Crippen LogP contribution in [0.3, 0.4) is 0 Å². The van der Waals surface area contributed by atoms with E-state index in [2.05, 4.69) is 41.7 Å². The number of rotatable bonds is 1. The molecule has 0 radical (unpaired) electrons. The van der Waals surface area contributed by atoms with Crippen molar-refractivity contribution in [2.75, 3.05) is 13.7 Å². The van der Waals surface area contributed by atoms with Crippen LogP contribution >= 0.6 is 0 Å². The molecule has 6 nitrogen and oxygen atoms in total. The number of fused-ring (bicyclic) bond motifs is 3. The van der Waals surface area contributed by atoms with Gasteiger partial charge in [0.2, 0.25) is 11.8 Å². The van der Waals surface area contributed by atoms with Crippen LogP contribution in [0.25, 0.3) is 11.1 Å². The molecular weight excluding hydrogens is 322 g/mol. The first-order valence-corrected chi connectivity index (χ1v) is 7.77. The van der Waals surface area contributed by atoms with Crippen LogP contribution in [0.1, 0.15) is 29.9 Å². The molecule has 0 aromatic heterocycles. The van der Waals surface area contributed by atoms with Crippen LogP contribution in [0.4, 0.5) is 0 Å². The Labute approximate surface area is 146 Å². The maximum Gasteiger partial charge on any atom is 0.227 e. The molecule has 1 fully saturated rings. The number of aliphatic hydroxyl groups excluding tert-OH is 2. The summed E-state index contributed by atoms with van der Waals surface area (Å²) in [4.78, 5) is 20.2. The number of carbonyl (C=O) groups is 2. The summed E-state index contributed by atoms with van der Waals surface area (Å²) >= 11 is 0. The van der Waals surface area contributed by atoms with Crippen LogP contribution in [0.5, 0.6) is 0 Å². The maximum atomic E-state index is 10.1. The normalized spacial score (nSPS) is 14.0. The molecule has 1 aliphatic carbocycles. The molecule has 2 amide bonds. The van der Waals surface area contributed by atoms with Crippen molar-refractivity contribution in [1.29, 1.82) is 0 Å². The maximum absolute atomic E-state index is 10.1. The zero-order chi connectivity index (χ0) is 17.5. The molecule has 4 rings (SSSR count). The van der Waals surface area contributed by atoms with E-state index < -0.39 is 0 Å². The first-order valence-electron chi connectivity index (χ1n) is 7.77. The van der Waals surface area contributed by atoms with E-state index in [0.29, 0.717) is 12.8 Å². The number of imide groups is 1. The minimum Gasteiger partial charge on any atom is -0.412 e. The van der Waals surface area contributed by atoms with Gasteiger partial charge >= 0.3 is 0 Å². The highest BCUT2D eigenvalue weighted by molar-refractivity contribution is 6.01. The van der Waals surface area contributed by atoms with E-state index in [1.165, 1.54) is 22.3 Å². The van der Waals surface area contributed by atoms with Gasteiger partial charge in [0.25, 0.3) is 0 Å². The molecule has 1 heterocycles. The minimum absolute atomic E-state index is 0. The van der Waals surface area contributed by atoms with E-state index in [-0.39, 0.29) is 29.8 Å². The van der Waals surface area contributed by atoms with Gasteiger partial charge in [-0.3, -0.25) is 14.9 Å². The SMILES string of the molecule is CO.O.O=C1CCC(=O)N1.OCC1c2ccccc2-c2ccccc21. The van der Waals surface area contributed by atoms with Gasteiger partial charge in [-0.2, -0.15) is 0 Å². The molecule has 1 aliphatic heterocycles. The van der Waals surface area contributed by atoms with Gasteiger partial charge in [0, 0.05) is 25.9 Å². The molecule has 134 valence electrons. The van der Waals surface area contributed by atoms with Crippen molar-refractivity contribution in [1.82, 2.24) is 5.32 Å². The lowest BCUT2D eigenvalue weighted by Gasteiger charge is -2.08. The third-order valence-corrected chi connectivity index (χ3v) is 4.00. The lowest BCUT2D eigenvalue weighted by atomic mass is 9.98. The fourth-order valence-corrected chi connectivity index (χ4v) is 2.96. The third-order valence-electron chi connectivity index (χ3n) is 4.00. The highest BCUT2D eigenvalue weighted by atomic mass is 16.3. The quantitative estimate of drug-likeness (QED) is 0.668. The zero-order valence-electron chi connectivity index (χ0n) is 14.0. The molecule has 0 saturated carbocycles. The van der Waals surface area contributed by atoms with Crippen molar-refractivity contribution in [2.24, 2.45) is 0 Å². The molecule has 0 atom stereocenters. The van der Waals surface area contributed by atoms with E-state index in [9.17, 15) is 14.7 Å². The topological polar surface area (TPSA) is 118 Å². The highest BCUT2D eigenvalue weighted by Gasteiger charge is 2.26. The Morgan fingerprint density at radius 2 is 1.28 bits per heavy atom. The summed E-state index contributed by atoms with van der Waals surface area (Å²) in [7, 11) is 1.00. The number of aliphatic hydroxyl groups is 2. The highest BCUT2D eigenvalue weighted by Crippen LogP contribution is 2.43. The van der Waals surface area contributed by atoms with E-state index in [1.807, 2.05) is 12.1 Å². The molecule has 5 N–H and O–H groups in total. The average molecular weight is 345 g/mol. The lowest BCUT2D eigenvalue weighted by Crippen LogP contribution is -2.18. The fourth-order valence-electron chi connectivity index (χ4n) is 2.96. The van der Waals surface area contributed by atoms with Crippen molar-refractivity contribution >= 4 is 11.8 Å². The van der Waals surface area contributed by atoms with Gasteiger partial charge in [0.1, 0.15) is 0 Å². The van der Waals surface area contributed by atoms with Crippen molar-refractivity contribution in [2.45, 2.75) is 18.8 Å². The van der Waals surface area contributed by atoms with Crippen molar-refractivity contribution in [3.63, 3.8) is 0 Å². The molecule has 1 saturated heterocycles. The number of carbonyl (C=O) groups excluding carboxylic acids is 2. The Kier molecular flexibility index (Phi) is 7.94. The van der Waals surface area contributed by atoms with Crippen LogP contribution in [-0.4, -0.2) is 41.2 Å². The molecule has 0 unspecified atom stereocenters. The summed E-state index contributed by atoms with van der Waals surface area (Å²) in [6, 6.07) is 16.6. The average Bonchev–Trinajstić information content (AvgIpc) is 3.17. The van der Waals surface area contributed by atoms with Crippen molar-refractivity contribution in [3.8, 4) is 11.1 Å². The Balaban J connectivity index is 0.000000267. The fraction of sp³-hybridized carbons (Fsp3) is 0.263. The summed E-state index contributed by atoms with van der Waals surface area (Å²) in [5, 5.41) is 18.6. The summed E-state index contributed by atoms with van der Waals surface area (Å²) in [6.07, 6.45) is 0.748. The Bertz CT molecular complexity index is 670. The second-order valence-corrected chi connectivity index (χ2v) is 5.38. The Morgan fingerprint density at radius 3 is 1.60 bits per heavy atom. The molecule has 25 heavy (non-hydrogen) atoms. The largest absolute Gasteiger partial charge is 0.412 e. The predicted octanol–water partition coefficient (Wildman–Crippen LogP) is 0.998. The van der Waals surface area contributed by atoms with Crippen LogP contribution in [-0.2, 0) is 9.59 Å². The molecule has 2 aromatic carbocycles. The van der Waals surface area contributed by atoms with Crippen molar-refractivity contribution in [3.05, 3.63) is 59.7 Å². The molecule has 0 bridgehead atoms. The van der Waals surface area contributed by atoms with E-state index in [0.717, 1.165) is 7.11 Å². The van der Waals surface area contributed by atoms with Crippen LogP contribution < -0.4 is 5.32 Å². The first kappa shape index (κ1) is 20.5. The van der Waals surface area contributed by atoms with Gasteiger partial charge in [-0.15, -0.1) is 0 Å². The summed E-state index contributed by atoms with van der Waals surface area (Å²) in [5.41, 5.74) is 5.04. The number of amides is 2. The smallest absolute Gasteiger partial charge is 0.227 e. The minimum atomic E-state index is -0.148. The van der Waals surface area contributed by atoms with Gasteiger partial charge < -0.3 is 15.7 Å². The number of benzene rings is 2. The molecule has 2 aromatic rings. The van der Waals surface area contributed by atoms with E-state index >= 15 is 0 Å². The number of hydrogen-bond acceptors (Lipinski definition) is 4. The standard InChI is InChI=1S/C14H12O.C4H5NO2.CH4O.H2O/c15-9-14-12-7-3-1-5-10(12)11-6-2-4-8-13(11)14;6-3-1-2-4(7)5-3;1-2;/h1-8,14-15H,9H2;1-2H2,(H,5,6,7);2H,1H3;1H2. The van der Waals surface area contributed by atoms with Gasteiger partial charge in [-0.1, -0.05) is 48.5 Å². The molecule has 6 heteroatoms. The Hall–Kier alpha value is -2.54. The van der Waals surface area contributed by atoms with Crippen LogP contribution in [0.15, 0.2) is 48.5 Å².